The average Bonchev–Trinajstić information content (AvgIpc) is 3.35. The molecule has 1 aliphatic heterocycles. The number of rotatable bonds is 8. The number of allylic oxidation sites excluding steroid dienone is 1. The first-order valence-electron chi connectivity index (χ1n) is 12.4. The Kier molecular flexibility index (Phi) is 7.97. The summed E-state index contributed by atoms with van der Waals surface area (Å²) in [6.07, 6.45) is 1.52. The molecule has 2 aromatic carbocycles. The zero-order valence-electron chi connectivity index (χ0n) is 20.8. The van der Waals surface area contributed by atoms with Gasteiger partial charge in [-0.25, -0.2) is 4.79 Å². The van der Waals surface area contributed by atoms with E-state index in [-0.39, 0.29) is 18.9 Å². The highest BCUT2D eigenvalue weighted by Gasteiger charge is 2.43. The number of carbonyl (C=O) groups excluding carboxylic acids is 3. The van der Waals surface area contributed by atoms with Crippen LogP contribution in [0.3, 0.4) is 0 Å². The third-order valence-electron chi connectivity index (χ3n) is 6.81. The zero-order chi connectivity index (χ0) is 26.7. The number of benzene rings is 2. The van der Waals surface area contributed by atoms with E-state index in [1.807, 2.05) is 44.2 Å². The molecule has 1 heterocycles. The van der Waals surface area contributed by atoms with Gasteiger partial charge in [0.05, 0.1) is 19.0 Å². The highest BCUT2D eigenvalue weighted by atomic mass is 35.5. The molecule has 0 fully saturated rings. The first-order valence-corrected chi connectivity index (χ1v) is 12.7. The molecule has 0 radical (unpaired) electrons. The number of ketones is 1. The zero-order valence-corrected chi connectivity index (χ0v) is 21.5. The van der Waals surface area contributed by atoms with Crippen molar-refractivity contribution in [2.24, 2.45) is 0 Å². The van der Waals surface area contributed by atoms with Gasteiger partial charge in [0, 0.05) is 16.3 Å². The molecular formula is C28H30ClN3O5. The van der Waals surface area contributed by atoms with E-state index in [0.717, 1.165) is 17.5 Å². The maximum atomic E-state index is 13.5. The van der Waals surface area contributed by atoms with Gasteiger partial charge in [0.2, 0.25) is 0 Å². The van der Waals surface area contributed by atoms with Gasteiger partial charge in [-0.15, -0.1) is 0 Å². The fraction of sp³-hybridized carbons (Fsp3) is 0.357. The van der Waals surface area contributed by atoms with Gasteiger partial charge < -0.3 is 20.6 Å². The summed E-state index contributed by atoms with van der Waals surface area (Å²) in [6, 6.07) is 11.5. The van der Waals surface area contributed by atoms with Crippen molar-refractivity contribution in [1.82, 2.24) is 15.5 Å². The van der Waals surface area contributed by atoms with E-state index in [1.54, 1.807) is 18.2 Å². The number of nitrogens with zero attached hydrogens (tertiary/aromatic N) is 1. The lowest BCUT2D eigenvalue weighted by atomic mass is 9.96. The van der Waals surface area contributed by atoms with Gasteiger partial charge in [-0.1, -0.05) is 67.9 Å². The molecule has 0 saturated heterocycles. The molecule has 2 atom stereocenters. The van der Waals surface area contributed by atoms with E-state index in [9.17, 15) is 24.3 Å². The number of aliphatic carboxylic acids is 1. The van der Waals surface area contributed by atoms with Crippen molar-refractivity contribution >= 4 is 35.3 Å². The van der Waals surface area contributed by atoms with Gasteiger partial charge in [0.1, 0.15) is 0 Å². The third-order valence-corrected chi connectivity index (χ3v) is 7.18. The Morgan fingerprint density at radius 1 is 1.08 bits per heavy atom. The standard InChI is InChI=1S/C28H30ClN3O5/c1-16(2)17-8-5-9-18(13-17)22(14-24(33)34)30-28(37)31-25-26(35)20-10-6-12-23(20)32(27(25)36)15-19-7-3-4-11-21(19)29/h3-5,7-9,11,13,16,22,25H,6,10,12,14-15H2,1-2H3,(H,33,34)(H2,30,31,37)/t22-,25?/m0/s1. The molecule has 1 aliphatic carbocycles. The lowest BCUT2D eigenvalue weighted by molar-refractivity contribution is -0.139. The van der Waals surface area contributed by atoms with Crippen LogP contribution in [0.15, 0.2) is 59.8 Å². The molecule has 0 aromatic heterocycles. The average molecular weight is 524 g/mol. The Balaban J connectivity index is 1.55. The van der Waals surface area contributed by atoms with Crippen molar-refractivity contribution in [3.63, 3.8) is 0 Å². The van der Waals surface area contributed by atoms with Gasteiger partial charge in [0.25, 0.3) is 5.91 Å². The van der Waals surface area contributed by atoms with Crippen LogP contribution in [0.2, 0.25) is 5.02 Å². The summed E-state index contributed by atoms with van der Waals surface area (Å²) in [7, 11) is 0. The van der Waals surface area contributed by atoms with Crippen LogP contribution in [0.1, 0.15) is 68.2 Å². The van der Waals surface area contributed by atoms with Crippen LogP contribution >= 0.6 is 11.6 Å². The number of hydrogen-bond donors (Lipinski definition) is 3. The Labute approximate surface area is 220 Å². The molecule has 2 aliphatic rings. The van der Waals surface area contributed by atoms with Crippen molar-refractivity contribution < 1.29 is 24.3 Å². The van der Waals surface area contributed by atoms with Crippen LogP contribution in [-0.2, 0) is 20.9 Å². The lowest BCUT2D eigenvalue weighted by Gasteiger charge is -2.34. The maximum absolute atomic E-state index is 13.5. The summed E-state index contributed by atoms with van der Waals surface area (Å²) in [6.45, 7) is 4.23. The number of nitrogens with one attached hydrogen (secondary N) is 2. The second kappa shape index (κ2) is 11.2. The molecular weight excluding hydrogens is 494 g/mol. The van der Waals surface area contributed by atoms with E-state index in [0.29, 0.717) is 34.7 Å². The summed E-state index contributed by atoms with van der Waals surface area (Å²) in [4.78, 5) is 52.8. The van der Waals surface area contributed by atoms with Crippen molar-refractivity contribution in [3.8, 4) is 0 Å². The number of urea groups is 1. The fourth-order valence-electron chi connectivity index (χ4n) is 4.86. The molecule has 0 bridgehead atoms. The molecule has 2 aromatic rings. The molecule has 1 unspecified atom stereocenters. The highest BCUT2D eigenvalue weighted by Crippen LogP contribution is 2.36. The van der Waals surface area contributed by atoms with E-state index in [1.165, 1.54) is 4.90 Å². The smallest absolute Gasteiger partial charge is 0.316 e. The van der Waals surface area contributed by atoms with E-state index < -0.39 is 35.8 Å². The summed E-state index contributed by atoms with van der Waals surface area (Å²) in [5.41, 5.74) is 3.60. The Bertz CT molecular complexity index is 1270. The molecule has 0 spiro atoms. The molecule has 4 rings (SSSR count). The molecule has 37 heavy (non-hydrogen) atoms. The Hall–Kier alpha value is -3.65. The Morgan fingerprint density at radius 2 is 1.81 bits per heavy atom. The minimum absolute atomic E-state index is 0.189. The lowest BCUT2D eigenvalue weighted by Crippen LogP contribution is -2.57. The monoisotopic (exact) mass is 523 g/mol. The number of carboxylic acid groups (broad SMARTS) is 1. The third kappa shape index (κ3) is 5.85. The van der Waals surface area contributed by atoms with Crippen molar-refractivity contribution in [3.05, 3.63) is 81.5 Å². The van der Waals surface area contributed by atoms with Crippen molar-refractivity contribution in [2.45, 2.75) is 64.1 Å². The van der Waals surface area contributed by atoms with Crippen LogP contribution in [0.25, 0.3) is 0 Å². The molecule has 3 amide bonds. The first-order chi connectivity index (χ1) is 17.7. The number of hydrogen-bond acceptors (Lipinski definition) is 4. The van der Waals surface area contributed by atoms with E-state index >= 15 is 0 Å². The highest BCUT2D eigenvalue weighted by molar-refractivity contribution is 6.31. The fourth-order valence-corrected chi connectivity index (χ4v) is 5.05. The minimum Gasteiger partial charge on any atom is -0.481 e. The molecule has 194 valence electrons. The van der Waals surface area contributed by atoms with Crippen molar-refractivity contribution in [2.75, 3.05) is 0 Å². The first kappa shape index (κ1) is 26.4. The predicted molar refractivity (Wildman–Crippen MR) is 139 cm³/mol. The minimum atomic E-state index is -1.40. The van der Waals surface area contributed by atoms with E-state index in [2.05, 4.69) is 10.6 Å². The number of carbonyl (C=O) groups is 4. The quantitative estimate of drug-likeness (QED) is 0.434. The summed E-state index contributed by atoms with van der Waals surface area (Å²) in [5, 5.41) is 15.1. The normalized spacial score (nSPS) is 18.2. The summed E-state index contributed by atoms with van der Waals surface area (Å²) >= 11 is 6.32. The van der Waals surface area contributed by atoms with Gasteiger partial charge in [-0.05, 0) is 47.9 Å². The van der Waals surface area contributed by atoms with Crippen LogP contribution in [-0.4, -0.2) is 39.7 Å². The van der Waals surface area contributed by atoms with Gasteiger partial charge in [-0.3, -0.25) is 14.4 Å². The van der Waals surface area contributed by atoms with Gasteiger partial charge in [0.15, 0.2) is 11.8 Å². The second-order valence-corrected chi connectivity index (χ2v) is 10.1. The topological polar surface area (TPSA) is 116 Å². The molecule has 9 heteroatoms. The number of Topliss-reactive ketones (excluding diaryl/α,β-unsaturated/α-hetero) is 1. The number of amides is 3. The van der Waals surface area contributed by atoms with Crippen LogP contribution in [0.5, 0.6) is 0 Å². The molecule has 0 saturated carbocycles. The van der Waals surface area contributed by atoms with Crippen LogP contribution in [0, 0.1) is 0 Å². The molecule has 8 nitrogen and oxygen atoms in total. The van der Waals surface area contributed by atoms with Crippen molar-refractivity contribution in [1.29, 1.82) is 0 Å². The predicted octanol–water partition coefficient (Wildman–Crippen LogP) is 4.70. The largest absolute Gasteiger partial charge is 0.481 e. The molecule has 3 N–H and O–H groups in total. The van der Waals surface area contributed by atoms with E-state index in [4.69, 9.17) is 11.6 Å². The summed E-state index contributed by atoms with van der Waals surface area (Å²) < 4.78 is 0. The number of carboxylic acids is 1. The van der Waals surface area contributed by atoms with Crippen LogP contribution in [0.4, 0.5) is 4.79 Å². The number of halogens is 1. The summed E-state index contributed by atoms with van der Waals surface area (Å²) in [5.74, 6) is -1.82. The van der Waals surface area contributed by atoms with Gasteiger partial charge in [-0.2, -0.15) is 0 Å². The maximum Gasteiger partial charge on any atom is 0.316 e. The Morgan fingerprint density at radius 3 is 2.51 bits per heavy atom. The second-order valence-electron chi connectivity index (χ2n) is 9.68. The SMILES string of the molecule is CC(C)c1cccc([C@H](CC(=O)O)NC(=O)NC2C(=O)C3=C(CCC3)N(Cc3ccccc3Cl)C2=O)c1. The van der Waals surface area contributed by atoms with Crippen LogP contribution < -0.4 is 10.6 Å². The van der Waals surface area contributed by atoms with Gasteiger partial charge >= 0.3 is 12.0 Å².